The fourth-order valence-corrected chi connectivity index (χ4v) is 2.46. The predicted octanol–water partition coefficient (Wildman–Crippen LogP) is 2.28. The van der Waals surface area contributed by atoms with Crippen molar-refractivity contribution in [2.45, 2.75) is 57.5 Å². The minimum atomic E-state index is -1.04. The lowest BCUT2D eigenvalue weighted by Gasteiger charge is -2.24. The van der Waals surface area contributed by atoms with Crippen LogP contribution >= 0.6 is 0 Å². The van der Waals surface area contributed by atoms with E-state index in [0.29, 0.717) is 5.92 Å². The molecule has 5 heteroatoms. The largest absolute Gasteiger partial charge is 0.480 e. The van der Waals surface area contributed by atoms with E-state index in [0.717, 1.165) is 19.3 Å². The van der Waals surface area contributed by atoms with Crippen LogP contribution in [-0.4, -0.2) is 29.2 Å². The summed E-state index contributed by atoms with van der Waals surface area (Å²) in [5.74, 6) is -0.597. The summed E-state index contributed by atoms with van der Waals surface area (Å²) in [5.41, 5.74) is 0. The molecule has 1 rings (SSSR count). The molecule has 5 nitrogen and oxygen atoms in total. The molecule has 1 aliphatic carbocycles. The van der Waals surface area contributed by atoms with Crippen LogP contribution in [0.15, 0.2) is 12.7 Å². The molecule has 0 aliphatic heterocycles. The smallest absolute Gasteiger partial charge is 0.326 e. The highest BCUT2D eigenvalue weighted by molar-refractivity contribution is 5.82. The van der Waals surface area contributed by atoms with Crippen LogP contribution in [0.2, 0.25) is 0 Å². The summed E-state index contributed by atoms with van der Waals surface area (Å²) in [6.45, 7) is 5.63. The highest BCUT2D eigenvalue weighted by Crippen LogP contribution is 2.22. The third-order valence-corrected chi connectivity index (χ3v) is 3.68. The van der Waals surface area contributed by atoms with Crippen molar-refractivity contribution in [1.29, 1.82) is 0 Å². The fourth-order valence-electron chi connectivity index (χ4n) is 2.46. The lowest BCUT2D eigenvalue weighted by molar-refractivity contribution is -0.139. The van der Waals surface area contributed by atoms with Crippen LogP contribution in [0.4, 0.5) is 4.79 Å². The molecule has 0 saturated heterocycles. The van der Waals surface area contributed by atoms with Gasteiger partial charge in [0.2, 0.25) is 0 Å². The van der Waals surface area contributed by atoms with Gasteiger partial charge in [0, 0.05) is 6.04 Å². The van der Waals surface area contributed by atoms with Crippen LogP contribution in [0.25, 0.3) is 0 Å². The Kier molecular flexibility index (Phi) is 6.39. The van der Waals surface area contributed by atoms with Crippen LogP contribution < -0.4 is 10.6 Å². The molecule has 2 amide bonds. The van der Waals surface area contributed by atoms with E-state index in [9.17, 15) is 9.59 Å². The summed E-state index contributed by atoms with van der Waals surface area (Å²) >= 11 is 0. The summed E-state index contributed by atoms with van der Waals surface area (Å²) in [6, 6.07) is -1.16. The summed E-state index contributed by atoms with van der Waals surface area (Å²) in [5, 5.41) is 14.4. The van der Waals surface area contributed by atoms with Crippen molar-refractivity contribution >= 4 is 12.0 Å². The monoisotopic (exact) mass is 268 g/mol. The molecule has 0 aromatic heterocycles. The zero-order valence-electron chi connectivity index (χ0n) is 11.5. The Morgan fingerprint density at radius 3 is 2.68 bits per heavy atom. The Balaban J connectivity index is 2.48. The molecular formula is C14H24N2O3. The first-order valence-electron chi connectivity index (χ1n) is 6.95. The van der Waals surface area contributed by atoms with Crippen LogP contribution in [0.1, 0.15) is 45.4 Å². The second kappa shape index (κ2) is 7.81. The van der Waals surface area contributed by atoms with Crippen LogP contribution in [-0.2, 0) is 4.79 Å². The van der Waals surface area contributed by atoms with Gasteiger partial charge < -0.3 is 15.7 Å². The Morgan fingerprint density at radius 1 is 1.37 bits per heavy atom. The quantitative estimate of drug-likeness (QED) is 0.528. The number of hydrogen-bond donors (Lipinski definition) is 3. The number of carbonyl (C=O) groups excluding carboxylic acids is 1. The van der Waals surface area contributed by atoms with E-state index < -0.39 is 18.0 Å². The minimum absolute atomic E-state index is 0.140. The van der Waals surface area contributed by atoms with Crippen LogP contribution in [0.3, 0.4) is 0 Å². The van der Waals surface area contributed by atoms with E-state index in [2.05, 4.69) is 24.1 Å². The number of amides is 2. The summed E-state index contributed by atoms with van der Waals surface area (Å²) < 4.78 is 0. The van der Waals surface area contributed by atoms with Crippen molar-refractivity contribution in [3.63, 3.8) is 0 Å². The third-order valence-electron chi connectivity index (χ3n) is 3.68. The van der Waals surface area contributed by atoms with E-state index in [1.165, 1.54) is 18.9 Å². The standard InChI is InChI=1S/C14H24N2O3/c1-3-7-12(13(17)18)16-14(19)15-11-9-6-4-5-8-10(11)2/h3,10-12H,1,4-9H2,2H3,(H,17,18)(H2,15,16,19). The van der Waals surface area contributed by atoms with Gasteiger partial charge in [0.25, 0.3) is 0 Å². The zero-order chi connectivity index (χ0) is 14.3. The van der Waals surface area contributed by atoms with Gasteiger partial charge in [-0.25, -0.2) is 9.59 Å². The summed E-state index contributed by atoms with van der Waals surface area (Å²) in [4.78, 5) is 22.8. The summed E-state index contributed by atoms with van der Waals surface area (Å²) in [7, 11) is 0. The van der Waals surface area contributed by atoms with Crippen molar-refractivity contribution < 1.29 is 14.7 Å². The van der Waals surface area contributed by atoms with Crippen molar-refractivity contribution in [3.8, 4) is 0 Å². The van der Waals surface area contributed by atoms with Crippen molar-refractivity contribution in [3.05, 3.63) is 12.7 Å². The number of hydrogen-bond acceptors (Lipinski definition) is 2. The second-order valence-corrected chi connectivity index (χ2v) is 5.25. The molecule has 0 heterocycles. The molecule has 3 atom stereocenters. The molecule has 1 aliphatic rings. The normalized spacial score (nSPS) is 24.9. The number of aliphatic carboxylic acids is 1. The first kappa shape index (κ1) is 15.5. The third kappa shape index (κ3) is 5.32. The Labute approximate surface area is 114 Å². The Bertz CT molecular complexity index is 331. The predicted molar refractivity (Wildman–Crippen MR) is 73.9 cm³/mol. The molecule has 0 aromatic rings. The van der Waals surface area contributed by atoms with Crippen LogP contribution in [0.5, 0.6) is 0 Å². The Hall–Kier alpha value is -1.52. The van der Waals surface area contributed by atoms with E-state index in [1.54, 1.807) is 0 Å². The number of carboxylic acid groups (broad SMARTS) is 1. The first-order valence-corrected chi connectivity index (χ1v) is 6.95. The molecule has 19 heavy (non-hydrogen) atoms. The highest BCUT2D eigenvalue weighted by Gasteiger charge is 2.24. The number of carbonyl (C=O) groups is 2. The molecule has 0 bridgehead atoms. The first-order chi connectivity index (χ1) is 9.04. The Morgan fingerprint density at radius 2 is 2.05 bits per heavy atom. The van der Waals surface area contributed by atoms with Gasteiger partial charge in [-0.3, -0.25) is 0 Å². The SMILES string of the molecule is C=CCC(NC(=O)NC1CCCCCC1C)C(=O)O. The van der Waals surface area contributed by atoms with Gasteiger partial charge in [-0.05, 0) is 25.2 Å². The van der Waals surface area contributed by atoms with Gasteiger partial charge in [0.05, 0.1) is 0 Å². The molecular weight excluding hydrogens is 244 g/mol. The van der Waals surface area contributed by atoms with Crippen molar-refractivity contribution in [1.82, 2.24) is 10.6 Å². The topological polar surface area (TPSA) is 78.4 Å². The average Bonchev–Trinajstić information content (AvgIpc) is 2.54. The molecule has 0 aromatic carbocycles. The number of rotatable bonds is 5. The van der Waals surface area contributed by atoms with E-state index in [1.807, 2.05) is 0 Å². The maximum absolute atomic E-state index is 11.8. The molecule has 1 saturated carbocycles. The molecule has 3 unspecified atom stereocenters. The maximum Gasteiger partial charge on any atom is 0.326 e. The lowest BCUT2D eigenvalue weighted by atomic mass is 9.97. The van der Waals surface area contributed by atoms with E-state index in [4.69, 9.17) is 5.11 Å². The summed E-state index contributed by atoms with van der Waals surface area (Å²) in [6.07, 6.45) is 7.32. The number of nitrogens with one attached hydrogen (secondary N) is 2. The number of carboxylic acids is 1. The van der Waals surface area contributed by atoms with E-state index in [-0.39, 0.29) is 12.5 Å². The van der Waals surface area contributed by atoms with Gasteiger partial charge in [0.15, 0.2) is 0 Å². The van der Waals surface area contributed by atoms with Gasteiger partial charge in [-0.1, -0.05) is 32.3 Å². The van der Waals surface area contributed by atoms with Gasteiger partial charge in [-0.2, -0.15) is 0 Å². The second-order valence-electron chi connectivity index (χ2n) is 5.25. The fraction of sp³-hybridized carbons (Fsp3) is 0.714. The lowest BCUT2D eigenvalue weighted by Crippen LogP contribution is -2.50. The van der Waals surface area contributed by atoms with Gasteiger partial charge in [-0.15, -0.1) is 6.58 Å². The van der Waals surface area contributed by atoms with Crippen molar-refractivity contribution in [2.24, 2.45) is 5.92 Å². The molecule has 1 fully saturated rings. The molecule has 3 N–H and O–H groups in total. The van der Waals surface area contributed by atoms with Crippen LogP contribution in [0, 0.1) is 5.92 Å². The molecule has 108 valence electrons. The number of urea groups is 1. The van der Waals surface area contributed by atoms with Gasteiger partial charge >= 0.3 is 12.0 Å². The molecule has 0 radical (unpaired) electrons. The van der Waals surface area contributed by atoms with Gasteiger partial charge in [0.1, 0.15) is 6.04 Å². The highest BCUT2D eigenvalue weighted by atomic mass is 16.4. The molecule has 0 spiro atoms. The zero-order valence-corrected chi connectivity index (χ0v) is 11.5. The maximum atomic E-state index is 11.8. The van der Waals surface area contributed by atoms with Crippen molar-refractivity contribution in [2.75, 3.05) is 0 Å². The van der Waals surface area contributed by atoms with E-state index >= 15 is 0 Å². The minimum Gasteiger partial charge on any atom is -0.480 e. The average molecular weight is 268 g/mol.